The minimum absolute atomic E-state index is 0.426. The maximum atomic E-state index is 3.68. The van der Waals surface area contributed by atoms with E-state index in [0.29, 0.717) is 12.0 Å². The molecule has 0 bridgehead atoms. The lowest BCUT2D eigenvalue weighted by atomic mass is 10.0. The Morgan fingerprint density at radius 2 is 1.80 bits per heavy atom. The SMILES string of the molecule is CC(C)c1ccc(NC2CSCc3ccccc32)cc1. The van der Waals surface area contributed by atoms with Crippen LogP contribution >= 0.6 is 11.8 Å². The van der Waals surface area contributed by atoms with Crippen LogP contribution in [0.15, 0.2) is 48.5 Å². The highest BCUT2D eigenvalue weighted by molar-refractivity contribution is 7.98. The zero-order valence-electron chi connectivity index (χ0n) is 12.1. The smallest absolute Gasteiger partial charge is 0.0607 e. The van der Waals surface area contributed by atoms with Crippen molar-refractivity contribution in [1.82, 2.24) is 0 Å². The highest BCUT2D eigenvalue weighted by atomic mass is 32.2. The normalized spacial score (nSPS) is 17.9. The molecule has 0 amide bonds. The van der Waals surface area contributed by atoms with E-state index in [0.717, 1.165) is 11.5 Å². The summed E-state index contributed by atoms with van der Waals surface area (Å²) in [6, 6.07) is 18.1. The van der Waals surface area contributed by atoms with E-state index < -0.39 is 0 Å². The number of nitrogens with one attached hydrogen (secondary N) is 1. The van der Waals surface area contributed by atoms with Gasteiger partial charge in [0.05, 0.1) is 6.04 Å². The van der Waals surface area contributed by atoms with Gasteiger partial charge in [0.25, 0.3) is 0 Å². The van der Waals surface area contributed by atoms with E-state index in [9.17, 15) is 0 Å². The molecule has 1 atom stereocenters. The van der Waals surface area contributed by atoms with Crippen molar-refractivity contribution in [3.63, 3.8) is 0 Å². The first-order valence-electron chi connectivity index (χ1n) is 7.26. The topological polar surface area (TPSA) is 12.0 Å². The summed E-state index contributed by atoms with van der Waals surface area (Å²) in [7, 11) is 0. The van der Waals surface area contributed by atoms with Crippen LogP contribution in [-0.4, -0.2) is 5.75 Å². The van der Waals surface area contributed by atoms with Gasteiger partial charge in [-0.05, 0) is 34.7 Å². The van der Waals surface area contributed by atoms with Crippen molar-refractivity contribution in [2.75, 3.05) is 11.1 Å². The number of hydrogen-bond acceptors (Lipinski definition) is 2. The van der Waals surface area contributed by atoms with Gasteiger partial charge in [-0.3, -0.25) is 0 Å². The predicted octanol–water partition coefficient (Wildman–Crippen LogP) is 5.21. The van der Waals surface area contributed by atoms with E-state index >= 15 is 0 Å². The number of anilines is 1. The quantitative estimate of drug-likeness (QED) is 0.830. The van der Waals surface area contributed by atoms with E-state index in [4.69, 9.17) is 0 Å². The van der Waals surface area contributed by atoms with Crippen molar-refractivity contribution in [3.8, 4) is 0 Å². The Morgan fingerprint density at radius 3 is 2.55 bits per heavy atom. The Kier molecular flexibility index (Phi) is 4.02. The standard InChI is InChI=1S/C18H21NS/c1-13(2)14-7-9-16(10-8-14)19-18-12-20-11-15-5-3-4-6-17(15)18/h3-10,13,18-19H,11-12H2,1-2H3. The molecule has 0 spiro atoms. The Bertz CT molecular complexity index is 574. The minimum Gasteiger partial charge on any atom is -0.377 e. The van der Waals surface area contributed by atoms with Crippen molar-refractivity contribution in [1.29, 1.82) is 0 Å². The average Bonchev–Trinajstić information content (AvgIpc) is 2.48. The summed E-state index contributed by atoms with van der Waals surface area (Å²) >= 11 is 2.01. The highest BCUT2D eigenvalue weighted by Crippen LogP contribution is 2.33. The number of rotatable bonds is 3. The zero-order valence-corrected chi connectivity index (χ0v) is 12.9. The Hall–Kier alpha value is -1.41. The van der Waals surface area contributed by atoms with Crippen LogP contribution in [0, 0.1) is 0 Å². The molecule has 3 rings (SSSR count). The Morgan fingerprint density at radius 1 is 1.05 bits per heavy atom. The van der Waals surface area contributed by atoms with Crippen molar-refractivity contribution >= 4 is 17.4 Å². The summed E-state index contributed by atoms with van der Waals surface area (Å²) in [5.74, 6) is 2.87. The van der Waals surface area contributed by atoms with E-state index in [1.807, 2.05) is 11.8 Å². The van der Waals surface area contributed by atoms with Gasteiger partial charge in [-0.15, -0.1) is 0 Å². The summed E-state index contributed by atoms with van der Waals surface area (Å²) in [4.78, 5) is 0. The van der Waals surface area contributed by atoms with Crippen LogP contribution in [0.3, 0.4) is 0 Å². The molecule has 0 saturated carbocycles. The zero-order chi connectivity index (χ0) is 13.9. The molecular weight excluding hydrogens is 262 g/mol. The van der Waals surface area contributed by atoms with E-state index in [-0.39, 0.29) is 0 Å². The molecule has 0 radical (unpaired) electrons. The van der Waals surface area contributed by atoms with Crippen molar-refractivity contribution in [3.05, 3.63) is 65.2 Å². The summed E-state index contributed by atoms with van der Waals surface area (Å²) in [5, 5.41) is 3.68. The fourth-order valence-corrected chi connectivity index (χ4v) is 3.77. The fraction of sp³-hybridized carbons (Fsp3) is 0.333. The minimum atomic E-state index is 0.426. The van der Waals surface area contributed by atoms with Crippen LogP contribution in [0.5, 0.6) is 0 Å². The van der Waals surface area contributed by atoms with Gasteiger partial charge < -0.3 is 5.32 Å². The fourth-order valence-electron chi connectivity index (χ4n) is 2.67. The first-order chi connectivity index (χ1) is 9.74. The molecule has 1 unspecified atom stereocenters. The molecule has 20 heavy (non-hydrogen) atoms. The summed E-state index contributed by atoms with van der Waals surface area (Å²) in [6.07, 6.45) is 0. The van der Waals surface area contributed by atoms with Crippen LogP contribution in [-0.2, 0) is 5.75 Å². The molecule has 104 valence electrons. The molecule has 1 N–H and O–H groups in total. The maximum absolute atomic E-state index is 3.68. The number of benzene rings is 2. The van der Waals surface area contributed by atoms with Gasteiger partial charge in [0.15, 0.2) is 0 Å². The van der Waals surface area contributed by atoms with E-state index in [1.54, 1.807) is 0 Å². The molecule has 2 aromatic carbocycles. The van der Waals surface area contributed by atoms with Gasteiger partial charge in [-0.2, -0.15) is 11.8 Å². The molecule has 2 aromatic rings. The third-order valence-electron chi connectivity index (χ3n) is 3.89. The summed E-state index contributed by atoms with van der Waals surface area (Å²) in [6.45, 7) is 4.47. The number of fused-ring (bicyclic) bond motifs is 1. The average molecular weight is 283 g/mol. The molecule has 2 heteroatoms. The lowest BCUT2D eigenvalue weighted by Gasteiger charge is -2.27. The van der Waals surface area contributed by atoms with Crippen LogP contribution in [0.4, 0.5) is 5.69 Å². The molecule has 1 aliphatic heterocycles. The molecule has 0 aliphatic carbocycles. The monoisotopic (exact) mass is 283 g/mol. The first kappa shape index (κ1) is 13.6. The van der Waals surface area contributed by atoms with Gasteiger partial charge in [-0.25, -0.2) is 0 Å². The molecule has 1 aliphatic rings. The number of hydrogen-bond donors (Lipinski definition) is 1. The summed E-state index contributed by atoms with van der Waals surface area (Å²) < 4.78 is 0. The van der Waals surface area contributed by atoms with Crippen molar-refractivity contribution < 1.29 is 0 Å². The van der Waals surface area contributed by atoms with Gasteiger partial charge in [0.1, 0.15) is 0 Å². The Balaban J connectivity index is 1.78. The molecule has 1 nitrogen and oxygen atoms in total. The van der Waals surface area contributed by atoms with Crippen LogP contribution in [0.25, 0.3) is 0 Å². The summed E-state index contributed by atoms with van der Waals surface area (Å²) in [5.41, 5.74) is 5.55. The van der Waals surface area contributed by atoms with Crippen LogP contribution in [0.1, 0.15) is 42.5 Å². The van der Waals surface area contributed by atoms with E-state index in [2.05, 4.69) is 67.7 Å². The highest BCUT2D eigenvalue weighted by Gasteiger charge is 2.19. The molecule has 0 fully saturated rings. The number of thioether (sulfide) groups is 1. The third-order valence-corrected chi connectivity index (χ3v) is 4.98. The van der Waals surface area contributed by atoms with Gasteiger partial charge in [0.2, 0.25) is 0 Å². The molecule has 0 saturated heterocycles. The van der Waals surface area contributed by atoms with Gasteiger partial charge >= 0.3 is 0 Å². The largest absolute Gasteiger partial charge is 0.377 e. The lowest BCUT2D eigenvalue weighted by Crippen LogP contribution is -2.18. The predicted molar refractivity (Wildman–Crippen MR) is 89.5 cm³/mol. The molecule has 1 heterocycles. The van der Waals surface area contributed by atoms with Crippen molar-refractivity contribution in [2.24, 2.45) is 0 Å². The van der Waals surface area contributed by atoms with Gasteiger partial charge in [-0.1, -0.05) is 50.2 Å². The first-order valence-corrected chi connectivity index (χ1v) is 8.41. The van der Waals surface area contributed by atoms with Crippen molar-refractivity contribution in [2.45, 2.75) is 31.6 Å². The second-order valence-corrected chi connectivity index (χ2v) is 6.72. The van der Waals surface area contributed by atoms with Gasteiger partial charge in [0, 0.05) is 17.2 Å². The molecular formula is C18H21NS. The van der Waals surface area contributed by atoms with E-state index in [1.165, 1.54) is 22.4 Å². The third kappa shape index (κ3) is 2.85. The maximum Gasteiger partial charge on any atom is 0.0607 e. The second-order valence-electron chi connectivity index (χ2n) is 5.69. The lowest BCUT2D eigenvalue weighted by molar-refractivity contribution is 0.859. The van der Waals surface area contributed by atoms with Crippen LogP contribution in [0.2, 0.25) is 0 Å². The molecule has 0 aromatic heterocycles. The Labute approximate surface area is 125 Å². The second kappa shape index (κ2) is 5.92. The van der Waals surface area contributed by atoms with Crippen LogP contribution < -0.4 is 5.32 Å².